The van der Waals surface area contributed by atoms with Gasteiger partial charge in [0.05, 0.1) is 6.61 Å². The van der Waals surface area contributed by atoms with E-state index in [-0.39, 0.29) is 0 Å². The van der Waals surface area contributed by atoms with Gasteiger partial charge in [0, 0.05) is 25.2 Å². The van der Waals surface area contributed by atoms with Crippen molar-refractivity contribution in [3.63, 3.8) is 0 Å². The van der Waals surface area contributed by atoms with E-state index < -0.39 is 0 Å². The van der Waals surface area contributed by atoms with E-state index in [1.165, 1.54) is 0 Å². The van der Waals surface area contributed by atoms with E-state index in [4.69, 9.17) is 16.3 Å². The molecule has 66 valence electrons. The molecule has 3 heteroatoms. The molecule has 0 atom stereocenters. The number of rotatable bonds is 6. The highest BCUT2D eigenvalue weighted by Crippen LogP contribution is 1.91. The van der Waals surface area contributed by atoms with Crippen molar-refractivity contribution in [3.05, 3.63) is 11.1 Å². The zero-order valence-electron chi connectivity index (χ0n) is 7.19. The average molecular weight is 178 g/mol. The Morgan fingerprint density at radius 3 is 2.91 bits per heavy atom. The minimum atomic E-state index is 0.770. The highest BCUT2D eigenvalue weighted by Gasteiger charge is 1.87. The molecule has 0 heterocycles. The third kappa shape index (κ3) is 7.85. The number of ether oxygens (including phenoxy) is 1. The summed E-state index contributed by atoms with van der Waals surface area (Å²) in [5.74, 6) is 0. The average Bonchev–Trinajstić information content (AvgIpc) is 2.04. The quantitative estimate of drug-likeness (QED) is 0.625. The summed E-state index contributed by atoms with van der Waals surface area (Å²) in [6, 6.07) is 0. The van der Waals surface area contributed by atoms with E-state index in [1.54, 1.807) is 5.54 Å². The molecule has 0 saturated heterocycles. The Labute approximate surface area is 73.6 Å². The SMILES string of the molecule is CCOCCNCC(C)=CCl. The van der Waals surface area contributed by atoms with Crippen LogP contribution >= 0.6 is 11.6 Å². The Bertz CT molecular complexity index is 115. The van der Waals surface area contributed by atoms with Crippen LogP contribution in [0.15, 0.2) is 11.1 Å². The smallest absolute Gasteiger partial charge is 0.0590 e. The van der Waals surface area contributed by atoms with Gasteiger partial charge >= 0.3 is 0 Å². The maximum absolute atomic E-state index is 5.46. The van der Waals surface area contributed by atoms with Crippen LogP contribution in [0.5, 0.6) is 0 Å². The Balaban J connectivity index is 3.02. The minimum absolute atomic E-state index is 0.770. The highest BCUT2D eigenvalue weighted by molar-refractivity contribution is 6.25. The zero-order valence-corrected chi connectivity index (χ0v) is 7.95. The fourth-order valence-electron chi connectivity index (χ4n) is 0.613. The van der Waals surface area contributed by atoms with Gasteiger partial charge < -0.3 is 10.1 Å². The van der Waals surface area contributed by atoms with Gasteiger partial charge in [-0.05, 0) is 19.4 Å². The molecule has 0 aromatic heterocycles. The Kier molecular flexibility index (Phi) is 8.01. The largest absolute Gasteiger partial charge is 0.380 e. The van der Waals surface area contributed by atoms with Crippen molar-refractivity contribution in [2.24, 2.45) is 0 Å². The molecule has 0 fully saturated rings. The van der Waals surface area contributed by atoms with Crippen molar-refractivity contribution >= 4 is 11.6 Å². The molecule has 0 amide bonds. The summed E-state index contributed by atoms with van der Waals surface area (Å²) in [5, 5.41) is 3.19. The van der Waals surface area contributed by atoms with Gasteiger partial charge in [-0.3, -0.25) is 0 Å². The first-order valence-corrected chi connectivity index (χ1v) is 4.29. The first-order chi connectivity index (χ1) is 5.31. The lowest BCUT2D eigenvalue weighted by Crippen LogP contribution is -2.21. The number of nitrogens with one attached hydrogen (secondary N) is 1. The normalized spacial score (nSPS) is 12.1. The molecule has 0 bridgehead atoms. The molecule has 0 aliphatic heterocycles. The van der Waals surface area contributed by atoms with Gasteiger partial charge in [0.15, 0.2) is 0 Å². The van der Waals surface area contributed by atoms with Crippen molar-refractivity contribution < 1.29 is 4.74 Å². The third-order valence-corrected chi connectivity index (χ3v) is 1.59. The maximum atomic E-state index is 5.46. The minimum Gasteiger partial charge on any atom is -0.380 e. The fraction of sp³-hybridized carbons (Fsp3) is 0.750. The van der Waals surface area contributed by atoms with Gasteiger partial charge in [-0.2, -0.15) is 0 Å². The molecule has 0 aliphatic carbocycles. The van der Waals surface area contributed by atoms with Crippen LogP contribution in [0.1, 0.15) is 13.8 Å². The highest BCUT2D eigenvalue weighted by atomic mass is 35.5. The van der Waals surface area contributed by atoms with Crippen molar-refractivity contribution in [1.82, 2.24) is 5.32 Å². The third-order valence-electron chi connectivity index (χ3n) is 1.22. The molecule has 2 nitrogen and oxygen atoms in total. The standard InChI is InChI=1S/C8H16ClNO/c1-3-11-5-4-10-7-8(2)6-9/h6,10H,3-5,7H2,1-2H3. The second-order valence-electron chi connectivity index (χ2n) is 2.33. The summed E-state index contributed by atoms with van der Waals surface area (Å²) in [5.41, 5.74) is 2.73. The fourth-order valence-corrected chi connectivity index (χ4v) is 0.690. The van der Waals surface area contributed by atoms with Crippen molar-refractivity contribution in [3.8, 4) is 0 Å². The molecule has 0 aromatic rings. The molecule has 0 aromatic carbocycles. The maximum Gasteiger partial charge on any atom is 0.0590 e. The molecular formula is C8H16ClNO. The van der Waals surface area contributed by atoms with Crippen LogP contribution in [0.3, 0.4) is 0 Å². The lowest BCUT2D eigenvalue weighted by Gasteiger charge is -2.03. The van der Waals surface area contributed by atoms with Crippen LogP contribution in [0, 0.1) is 0 Å². The van der Waals surface area contributed by atoms with E-state index in [9.17, 15) is 0 Å². The number of halogens is 1. The Hall–Kier alpha value is -0.0500. The van der Waals surface area contributed by atoms with Crippen LogP contribution < -0.4 is 5.32 Å². The van der Waals surface area contributed by atoms with Crippen molar-refractivity contribution in [1.29, 1.82) is 0 Å². The van der Waals surface area contributed by atoms with Crippen LogP contribution in [-0.2, 0) is 4.74 Å². The Morgan fingerprint density at radius 2 is 2.36 bits per heavy atom. The zero-order chi connectivity index (χ0) is 8.53. The lowest BCUT2D eigenvalue weighted by molar-refractivity contribution is 0.150. The molecule has 11 heavy (non-hydrogen) atoms. The van der Waals surface area contributed by atoms with Crippen LogP contribution in [-0.4, -0.2) is 26.3 Å². The first-order valence-electron chi connectivity index (χ1n) is 3.85. The number of hydrogen-bond donors (Lipinski definition) is 1. The summed E-state index contributed by atoms with van der Waals surface area (Å²) >= 11 is 5.46. The van der Waals surface area contributed by atoms with Crippen LogP contribution in [0.4, 0.5) is 0 Å². The molecule has 0 spiro atoms. The van der Waals surface area contributed by atoms with Gasteiger partial charge in [0.1, 0.15) is 0 Å². The second kappa shape index (κ2) is 8.05. The van der Waals surface area contributed by atoms with Gasteiger partial charge in [0.25, 0.3) is 0 Å². The summed E-state index contributed by atoms with van der Waals surface area (Å²) in [6.45, 7) is 7.26. The van der Waals surface area contributed by atoms with Gasteiger partial charge in [-0.15, -0.1) is 0 Å². The monoisotopic (exact) mass is 177 g/mol. The molecule has 0 radical (unpaired) electrons. The molecule has 0 rings (SSSR count). The number of hydrogen-bond acceptors (Lipinski definition) is 2. The summed E-state index contributed by atoms with van der Waals surface area (Å²) in [6.07, 6.45) is 0. The van der Waals surface area contributed by atoms with E-state index in [2.05, 4.69) is 5.32 Å². The predicted octanol–water partition coefficient (Wildman–Crippen LogP) is 1.76. The van der Waals surface area contributed by atoms with E-state index in [0.717, 1.165) is 31.9 Å². The topological polar surface area (TPSA) is 21.3 Å². The predicted molar refractivity (Wildman–Crippen MR) is 49.0 cm³/mol. The Morgan fingerprint density at radius 1 is 1.64 bits per heavy atom. The summed E-state index contributed by atoms with van der Waals surface area (Å²) < 4.78 is 5.13. The molecule has 1 N–H and O–H groups in total. The molecular weight excluding hydrogens is 162 g/mol. The van der Waals surface area contributed by atoms with E-state index in [1.807, 2.05) is 13.8 Å². The van der Waals surface area contributed by atoms with Crippen LogP contribution in [0.25, 0.3) is 0 Å². The van der Waals surface area contributed by atoms with Crippen molar-refractivity contribution in [2.75, 3.05) is 26.3 Å². The van der Waals surface area contributed by atoms with Gasteiger partial charge in [-0.1, -0.05) is 11.6 Å². The van der Waals surface area contributed by atoms with Crippen LogP contribution in [0.2, 0.25) is 0 Å². The van der Waals surface area contributed by atoms with E-state index in [0.29, 0.717) is 0 Å². The molecule has 0 aliphatic rings. The summed E-state index contributed by atoms with van der Waals surface area (Å²) in [7, 11) is 0. The molecule has 0 saturated carbocycles. The molecule has 0 unspecified atom stereocenters. The second-order valence-corrected chi connectivity index (χ2v) is 2.55. The lowest BCUT2D eigenvalue weighted by atomic mass is 10.3. The van der Waals surface area contributed by atoms with E-state index >= 15 is 0 Å². The van der Waals surface area contributed by atoms with Gasteiger partial charge in [0.2, 0.25) is 0 Å². The summed E-state index contributed by atoms with van der Waals surface area (Å²) in [4.78, 5) is 0. The van der Waals surface area contributed by atoms with Gasteiger partial charge in [-0.25, -0.2) is 0 Å². The first kappa shape index (κ1) is 11.0. The van der Waals surface area contributed by atoms with Crippen molar-refractivity contribution in [2.45, 2.75) is 13.8 Å².